The predicted molar refractivity (Wildman–Crippen MR) is 82.5 cm³/mol. The molecular formula is C16H27N3O. The molecule has 2 rings (SSSR count). The third-order valence-corrected chi connectivity index (χ3v) is 4.47. The van der Waals surface area contributed by atoms with E-state index in [2.05, 4.69) is 23.7 Å². The molecule has 1 atom stereocenters. The summed E-state index contributed by atoms with van der Waals surface area (Å²) in [5, 5.41) is 10.8. The molecule has 1 aromatic rings. The van der Waals surface area contributed by atoms with Crippen LogP contribution in [0.5, 0.6) is 0 Å². The second kappa shape index (κ2) is 6.10. The molecule has 0 amide bonds. The Morgan fingerprint density at radius 2 is 1.85 bits per heavy atom. The van der Waals surface area contributed by atoms with E-state index in [9.17, 15) is 5.11 Å². The molecule has 1 aliphatic heterocycles. The summed E-state index contributed by atoms with van der Waals surface area (Å²) < 4.78 is 0. The number of likely N-dealkylation sites (tertiary alicyclic amines) is 1. The van der Waals surface area contributed by atoms with E-state index in [0.29, 0.717) is 5.82 Å². The van der Waals surface area contributed by atoms with Crippen LogP contribution >= 0.6 is 0 Å². The van der Waals surface area contributed by atoms with Gasteiger partial charge in [-0.1, -0.05) is 12.8 Å². The Balaban J connectivity index is 2.24. The third kappa shape index (κ3) is 3.13. The van der Waals surface area contributed by atoms with Crippen LogP contribution in [-0.4, -0.2) is 33.6 Å². The number of pyridine rings is 1. The highest BCUT2D eigenvalue weighted by atomic mass is 16.3. The second-order valence-electron chi connectivity index (χ2n) is 6.44. The van der Waals surface area contributed by atoms with Crippen molar-refractivity contribution in [3.05, 3.63) is 23.4 Å². The van der Waals surface area contributed by atoms with Crippen LogP contribution in [0.4, 0.5) is 5.82 Å². The summed E-state index contributed by atoms with van der Waals surface area (Å²) in [6.45, 7) is 8.27. The number of nitrogens with two attached hydrogens (primary N) is 1. The minimum atomic E-state index is -0.618. The Morgan fingerprint density at radius 1 is 1.25 bits per heavy atom. The van der Waals surface area contributed by atoms with Gasteiger partial charge in [-0.05, 0) is 58.3 Å². The van der Waals surface area contributed by atoms with Gasteiger partial charge >= 0.3 is 0 Å². The normalized spacial score (nSPS) is 19.6. The van der Waals surface area contributed by atoms with Crippen LogP contribution < -0.4 is 5.73 Å². The Labute approximate surface area is 122 Å². The van der Waals surface area contributed by atoms with Crippen LogP contribution in [0, 0.1) is 6.92 Å². The number of aliphatic hydroxyl groups is 1. The first kappa shape index (κ1) is 15.3. The number of hydrogen-bond donors (Lipinski definition) is 2. The van der Waals surface area contributed by atoms with Crippen molar-refractivity contribution in [1.29, 1.82) is 0 Å². The molecule has 1 unspecified atom stereocenters. The SMILES string of the molecule is Cc1cnc(N)c(C(O)C(C)(C)N2CCCCCC2)c1. The predicted octanol–water partition coefficient (Wildman–Crippen LogP) is 2.66. The number of aromatic nitrogens is 1. The molecule has 1 aliphatic rings. The van der Waals surface area contributed by atoms with Crippen molar-refractivity contribution in [2.75, 3.05) is 18.8 Å². The largest absolute Gasteiger partial charge is 0.386 e. The molecule has 4 nitrogen and oxygen atoms in total. The van der Waals surface area contributed by atoms with E-state index in [1.54, 1.807) is 6.20 Å². The zero-order valence-corrected chi connectivity index (χ0v) is 12.9. The van der Waals surface area contributed by atoms with Gasteiger partial charge in [-0.25, -0.2) is 4.98 Å². The number of nitrogen functional groups attached to an aromatic ring is 1. The average molecular weight is 277 g/mol. The molecule has 0 spiro atoms. The van der Waals surface area contributed by atoms with Crippen molar-refractivity contribution < 1.29 is 5.11 Å². The lowest BCUT2D eigenvalue weighted by atomic mass is 9.89. The van der Waals surface area contributed by atoms with Crippen LogP contribution in [-0.2, 0) is 0 Å². The molecule has 20 heavy (non-hydrogen) atoms. The number of aryl methyl sites for hydroxylation is 1. The van der Waals surface area contributed by atoms with E-state index < -0.39 is 6.10 Å². The first-order chi connectivity index (χ1) is 9.43. The minimum absolute atomic E-state index is 0.325. The highest BCUT2D eigenvalue weighted by Crippen LogP contribution is 2.34. The monoisotopic (exact) mass is 277 g/mol. The van der Waals surface area contributed by atoms with E-state index in [-0.39, 0.29) is 5.54 Å². The van der Waals surface area contributed by atoms with E-state index >= 15 is 0 Å². The summed E-state index contributed by atoms with van der Waals surface area (Å²) in [7, 11) is 0. The maximum absolute atomic E-state index is 10.8. The third-order valence-electron chi connectivity index (χ3n) is 4.47. The van der Waals surface area contributed by atoms with E-state index in [1.165, 1.54) is 25.7 Å². The van der Waals surface area contributed by atoms with Crippen molar-refractivity contribution >= 4 is 5.82 Å². The van der Waals surface area contributed by atoms with E-state index in [4.69, 9.17) is 5.73 Å². The maximum atomic E-state index is 10.8. The first-order valence-electron chi connectivity index (χ1n) is 7.58. The van der Waals surface area contributed by atoms with Crippen LogP contribution in [0.2, 0.25) is 0 Å². The Kier molecular flexibility index (Phi) is 4.66. The van der Waals surface area contributed by atoms with Crippen molar-refractivity contribution in [1.82, 2.24) is 9.88 Å². The van der Waals surface area contributed by atoms with Gasteiger partial charge in [0.1, 0.15) is 11.9 Å². The molecule has 1 fully saturated rings. The first-order valence-corrected chi connectivity index (χ1v) is 7.58. The summed E-state index contributed by atoms with van der Waals surface area (Å²) in [4.78, 5) is 6.57. The van der Waals surface area contributed by atoms with Crippen LogP contribution in [0.3, 0.4) is 0 Å². The zero-order valence-electron chi connectivity index (χ0n) is 12.9. The molecule has 1 aromatic heterocycles. The van der Waals surface area contributed by atoms with E-state index in [1.807, 2.05) is 13.0 Å². The number of anilines is 1. The lowest BCUT2D eigenvalue weighted by Gasteiger charge is -2.42. The molecule has 2 heterocycles. The van der Waals surface area contributed by atoms with Gasteiger partial charge in [-0.3, -0.25) is 4.90 Å². The highest BCUT2D eigenvalue weighted by molar-refractivity contribution is 5.43. The molecule has 0 saturated carbocycles. The molecule has 1 saturated heterocycles. The van der Waals surface area contributed by atoms with Gasteiger partial charge in [-0.15, -0.1) is 0 Å². The van der Waals surface area contributed by atoms with Gasteiger partial charge in [0.25, 0.3) is 0 Å². The molecule has 0 aliphatic carbocycles. The molecule has 4 heteroatoms. The fourth-order valence-corrected chi connectivity index (χ4v) is 3.02. The Bertz CT molecular complexity index is 451. The zero-order chi connectivity index (χ0) is 14.8. The van der Waals surface area contributed by atoms with Gasteiger partial charge < -0.3 is 10.8 Å². The molecule has 0 aromatic carbocycles. The van der Waals surface area contributed by atoms with Gasteiger partial charge in [0.15, 0.2) is 0 Å². The van der Waals surface area contributed by atoms with Gasteiger partial charge in [-0.2, -0.15) is 0 Å². The standard InChI is InChI=1S/C16H27N3O/c1-12-10-13(15(17)18-11-12)14(20)16(2,3)19-8-6-4-5-7-9-19/h10-11,14,20H,4-9H2,1-3H3,(H2,17,18). The summed E-state index contributed by atoms with van der Waals surface area (Å²) in [5.74, 6) is 0.436. The number of aliphatic hydroxyl groups excluding tert-OH is 1. The second-order valence-corrected chi connectivity index (χ2v) is 6.44. The fraction of sp³-hybridized carbons (Fsp3) is 0.688. The molecule has 0 radical (unpaired) electrons. The average Bonchev–Trinajstić information content (AvgIpc) is 2.70. The van der Waals surface area contributed by atoms with Crippen molar-refractivity contribution in [2.24, 2.45) is 0 Å². The van der Waals surface area contributed by atoms with Crippen molar-refractivity contribution in [2.45, 2.75) is 58.1 Å². The molecular weight excluding hydrogens is 250 g/mol. The summed E-state index contributed by atoms with van der Waals surface area (Å²) in [6, 6.07) is 1.95. The molecule has 3 N–H and O–H groups in total. The van der Waals surface area contributed by atoms with Crippen LogP contribution in [0.15, 0.2) is 12.3 Å². The lowest BCUT2D eigenvalue weighted by molar-refractivity contribution is -0.00977. The van der Waals surface area contributed by atoms with Crippen LogP contribution in [0.25, 0.3) is 0 Å². The quantitative estimate of drug-likeness (QED) is 0.891. The number of rotatable bonds is 3. The summed E-state index contributed by atoms with van der Waals surface area (Å²) >= 11 is 0. The highest BCUT2D eigenvalue weighted by Gasteiger charge is 2.36. The summed E-state index contributed by atoms with van der Waals surface area (Å²) in [5.41, 5.74) is 7.41. The maximum Gasteiger partial charge on any atom is 0.129 e. The summed E-state index contributed by atoms with van der Waals surface area (Å²) in [6.07, 6.45) is 6.11. The fourth-order valence-electron chi connectivity index (χ4n) is 3.02. The molecule has 0 bridgehead atoms. The smallest absolute Gasteiger partial charge is 0.129 e. The van der Waals surface area contributed by atoms with Crippen molar-refractivity contribution in [3.8, 4) is 0 Å². The van der Waals surface area contributed by atoms with Crippen molar-refractivity contribution in [3.63, 3.8) is 0 Å². The molecule has 112 valence electrons. The number of hydrogen-bond acceptors (Lipinski definition) is 4. The Morgan fingerprint density at radius 3 is 2.45 bits per heavy atom. The number of nitrogens with zero attached hydrogens (tertiary/aromatic N) is 2. The van der Waals surface area contributed by atoms with Crippen LogP contribution in [0.1, 0.15) is 56.8 Å². The Hall–Kier alpha value is -1.13. The van der Waals surface area contributed by atoms with Gasteiger partial charge in [0.2, 0.25) is 0 Å². The topological polar surface area (TPSA) is 62.4 Å². The minimum Gasteiger partial charge on any atom is -0.386 e. The lowest BCUT2D eigenvalue weighted by Crippen LogP contribution is -2.49. The van der Waals surface area contributed by atoms with Gasteiger partial charge in [0, 0.05) is 17.3 Å². The van der Waals surface area contributed by atoms with Gasteiger partial charge in [0.05, 0.1) is 0 Å². The van der Waals surface area contributed by atoms with E-state index in [0.717, 1.165) is 24.2 Å².